The highest BCUT2D eigenvalue weighted by molar-refractivity contribution is 6.38. The van der Waals surface area contributed by atoms with Crippen LogP contribution < -0.4 is 5.73 Å². The third kappa shape index (κ3) is 11.9. The third-order valence-electron chi connectivity index (χ3n) is 16.7. The number of fused-ring (bicyclic) bond motifs is 2. The number of rotatable bonds is 34. The number of nitrogens with zero attached hydrogens (tertiary/aromatic N) is 2. The number of hydrogen-bond donors (Lipinski definition) is 1. The summed E-state index contributed by atoms with van der Waals surface area (Å²) >= 11 is 0. The van der Waals surface area contributed by atoms with Crippen LogP contribution in [0.15, 0.2) is 68.8 Å². The van der Waals surface area contributed by atoms with Crippen LogP contribution in [0, 0.1) is 0 Å². The van der Waals surface area contributed by atoms with Crippen molar-refractivity contribution in [1.29, 1.82) is 0 Å². The molecule has 2 N–H and O–H groups in total. The molecule has 0 bridgehead atoms. The van der Waals surface area contributed by atoms with Crippen LogP contribution in [0.3, 0.4) is 0 Å². The number of unbranched alkanes of at least 4 members (excludes halogenated alkanes) is 24. The minimum atomic E-state index is 0.385. The van der Waals surface area contributed by atoms with Crippen LogP contribution in [-0.2, 0) is 0 Å². The monoisotopic (exact) mass is 930 g/mol. The van der Waals surface area contributed by atoms with Gasteiger partial charge in [0.15, 0.2) is 0 Å². The molecule has 0 saturated heterocycles. The average molecular weight is 931 g/mol. The van der Waals surface area contributed by atoms with Crippen molar-refractivity contribution in [2.75, 3.05) is 5.73 Å². The van der Waals surface area contributed by atoms with Crippen molar-refractivity contribution in [2.24, 2.45) is 0 Å². The fourth-order valence-electron chi connectivity index (χ4n) is 12.9. The van der Waals surface area contributed by atoms with Gasteiger partial charge < -0.3 is 15.5 Å². The van der Waals surface area contributed by atoms with Crippen LogP contribution in [0.2, 0.25) is 0 Å². The van der Waals surface area contributed by atoms with Crippen molar-refractivity contribution in [3.05, 3.63) is 91.0 Å². The van der Waals surface area contributed by atoms with Crippen LogP contribution in [-0.4, -0.2) is 21.9 Å². The van der Waals surface area contributed by atoms with Crippen molar-refractivity contribution >= 4 is 71.6 Å². The molecule has 0 radical (unpaired) electrons. The predicted molar refractivity (Wildman–Crippen MR) is 310 cm³/mol. The summed E-state index contributed by atoms with van der Waals surface area (Å²) in [5, 5.41) is 10.1. The van der Waals surface area contributed by atoms with Crippen LogP contribution in [0.1, 0.15) is 255 Å². The fourth-order valence-corrected chi connectivity index (χ4v) is 12.9. The molecule has 0 fully saturated rings. The summed E-state index contributed by atoms with van der Waals surface area (Å²) in [4.78, 5) is 5.12. The van der Waals surface area contributed by atoms with Crippen molar-refractivity contribution in [1.82, 2.24) is 9.80 Å². The van der Waals surface area contributed by atoms with Gasteiger partial charge in [0.2, 0.25) is 0 Å². The van der Waals surface area contributed by atoms with Crippen LogP contribution >= 0.6 is 0 Å². The normalized spacial score (nSPS) is 14.0. The first-order valence-corrected chi connectivity index (χ1v) is 29.1. The first kappa shape index (κ1) is 52.6. The largest absolute Gasteiger partial charge is 0.398 e. The highest BCUT2D eigenvalue weighted by Gasteiger charge is 2.35. The Kier molecular flexibility index (Phi) is 20.0. The van der Waals surface area contributed by atoms with E-state index in [9.17, 15) is 0 Å². The number of benzene rings is 5. The van der Waals surface area contributed by atoms with Gasteiger partial charge in [-0.05, 0) is 53.3 Å². The maximum absolute atomic E-state index is 7.39. The molecule has 5 aromatic carbocycles. The van der Waals surface area contributed by atoms with Gasteiger partial charge in [0, 0.05) is 84.4 Å². The summed E-state index contributed by atoms with van der Waals surface area (Å²) in [6.45, 7) is 28.9. The zero-order chi connectivity index (χ0) is 48.7. The van der Waals surface area contributed by atoms with E-state index in [0.717, 1.165) is 33.9 Å². The van der Waals surface area contributed by atoms with Gasteiger partial charge in [-0.3, -0.25) is 0 Å². The molecule has 2 aliphatic heterocycles. The summed E-state index contributed by atoms with van der Waals surface area (Å²) in [7, 11) is 0. The molecule has 2 heterocycles. The molecule has 0 spiro atoms. The second kappa shape index (κ2) is 26.3. The molecular formula is C66H95N3. The van der Waals surface area contributed by atoms with Crippen molar-refractivity contribution in [3.63, 3.8) is 0 Å². The Labute approximate surface area is 421 Å². The second-order valence-corrected chi connectivity index (χ2v) is 21.8. The molecule has 0 aromatic heterocycles. The Bertz CT molecular complexity index is 2430. The van der Waals surface area contributed by atoms with Gasteiger partial charge in [0.05, 0.1) is 0 Å². The Hall–Kier alpha value is -4.24. The molecule has 3 heteroatoms. The van der Waals surface area contributed by atoms with Gasteiger partial charge in [-0.15, -0.1) is 0 Å². The standard InChI is InChI=1S/C66H95N3/c1-9-13-17-21-25-29-33-37-52(38-34-30-26-22-18-14-10-2)68-48(5)54-41-44-57-58-45-42-56-50(7)69(53(39-35-31-27-23-19-15-11-3)40-36-32-28-24-20-16-12-4)51(8)60-47-61(67)65(66(58)63(56)60)59-46-43-55(49(68)6)62(54)64(57)59/h41-47,52-53H,5-40,67H2,1-4H3. The quantitative estimate of drug-likeness (QED) is 0.0193. The summed E-state index contributed by atoms with van der Waals surface area (Å²) in [5.41, 5.74) is 17.6. The molecular weight excluding hydrogens is 835 g/mol. The summed E-state index contributed by atoms with van der Waals surface area (Å²) in [5.74, 6) is 0. The lowest BCUT2D eigenvalue weighted by Gasteiger charge is -2.42. The minimum Gasteiger partial charge on any atom is -0.398 e. The third-order valence-corrected chi connectivity index (χ3v) is 16.7. The van der Waals surface area contributed by atoms with E-state index in [4.69, 9.17) is 32.0 Å². The predicted octanol–water partition coefficient (Wildman–Crippen LogP) is 21.1. The molecule has 2 aliphatic rings. The molecule has 3 nitrogen and oxygen atoms in total. The summed E-state index contributed by atoms with van der Waals surface area (Å²) in [6.07, 6.45) is 42.0. The molecule has 0 unspecified atom stereocenters. The van der Waals surface area contributed by atoms with E-state index in [-0.39, 0.29) is 0 Å². The van der Waals surface area contributed by atoms with Gasteiger partial charge in [-0.2, -0.15) is 0 Å². The molecule has 5 aromatic rings. The van der Waals surface area contributed by atoms with Gasteiger partial charge in [0.1, 0.15) is 0 Å². The van der Waals surface area contributed by atoms with Gasteiger partial charge in [-0.1, -0.05) is 270 Å². The second-order valence-electron chi connectivity index (χ2n) is 21.8. The van der Waals surface area contributed by atoms with Crippen molar-refractivity contribution in [3.8, 4) is 0 Å². The van der Waals surface area contributed by atoms with E-state index in [0.29, 0.717) is 12.1 Å². The topological polar surface area (TPSA) is 32.5 Å². The van der Waals surface area contributed by atoms with E-state index in [1.165, 1.54) is 265 Å². The zero-order valence-corrected chi connectivity index (χ0v) is 44.6. The summed E-state index contributed by atoms with van der Waals surface area (Å²) < 4.78 is 0. The minimum absolute atomic E-state index is 0.385. The number of anilines is 1. The van der Waals surface area contributed by atoms with Crippen LogP contribution in [0.25, 0.3) is 65.9 Å². The van der Waals surface area contributed by atoms with E-state index < -0.39 is 0 Å². The van der Waals surface area contributed by atoms with Gasteiger partial charge in [-0.25, -0.2) is 0 Å². The molecule has 0 atom stereocenters. The van der Waals surface area contributed by atoms with Crippen molar-refractivity contribution in [2.45, 2.75) is 245 Å². The van der Waals surface area contributed by atoms with Crippen LogP contribution in [0.4, 0.5) is 5.69 Å². The van der Waals surface area contributed by atoms with Crippen molar-refractivity contribution < 1.29 is 0 Å². The lowest BCUT2D eigenvalue weighted by Crippen LogP contribution is -2.34. The Morgan fingerprint density at radius 3 is 0.986 bits per heavy atom. The average Bonchev–Trinajstić information content (AvgIpc) is 3.35. The van der Waals surface area contributed by atoms with Gasteiger partial charge >= 0.3 is 0 Å². The first-order valence-electron chi connectivity index (χ1n) is 29.1. The fraction of sp³-hybridized carbons (Fsp3) is 0.576. The van der Waals surface area contributed by atoms with E-state index in [1.807, 2.05) is 0 Å². The molecule has 69 heavy (non-hydrogen) atoms. The molecule has 0 saturated carbocycles. The van der Waals surface area contributed by atoms with E-state index >= 15 is 0 Å². The van der Waals surface area contributed by atoms with Gasteiger partial charge in [0.25, 0.3) is 0 Å². The highest BCUT2D eigenvalue weighted by Crippen LogP contribution is 2.54. The molecule has 0 amide bonds. The molecule has 0 aliphatic carbocycles. The maximum atomic E-state index is 7.39. The number of nitrogen functional groups attached to an aromatic ring is 1. The molecule has 7 rings (SSSR count). The maximum Gasteiger partial charge on any atom is 0.0421 e. The SMILES string of the molecule is C=C1c2ccc3c4ccc5c6c(cc(N)c(c7ccc(c2c37)C(=C)N1C(CCCCCCCCC)CCCCCCCCC)c64)C(=C)N(C(CCCCCCCCC)CCCCCCCCC)C5=C. The Morgan fingerprint density at radius 1 is 0.333 bits per heavy atom. The highest BCUT2D eigenvalue weighted by atomic mass is 15.2. The Balaban J connectivity index is 1.20. The van der Waals surface area contributed by atoms with E-state index in [1.54, 1.807) is 0 Å². The molecule has 374 valence electrons. The lowest BCUT2D eigenvalue weighted by atomic mass is 9.80. The van der Waals surface area contributed by atoms with Crippen LogP contribution in [0.5, 0.6) is 0 Å². The lowest BCUT2D eigenvalue weighted by molar-refractivity contribution is 0.331. The Morgan fingerprint density at radius 2 is 0.623 bits per heavy atom. The van der Waals surface area contributed by atoms with E-state index in [2.05, 4.69) is 80.0 Å². The first-order chi connectivity index (χ1) is 33.8. The number of hydrogen-bond acceptors (Lipinski definition) is 3. The summed E-state index contributed by atoms with van der Waals surface area (Å²) in [6, 6.07) is 17.3. The zero-order valence-electron chi connectivity index (χ0n) is 44.6. The smallest absolute Gasteiger partial charge is 0.0421 e. The number of nitrogens with two attached hydrogens (primary N) is 1.